The number of nitrogens with zero attached hydrogens (tertiary/aromatic N) is 1. The van der Waals surface area contributed by atoms with E-state index in [-0.39, 0.29) is 6.04 Å². The average molecular weight is 324 g/mol. The summed E-state index contributed by atoms with van der Waals surface area (Å²) in [5.74, 6) is 0.364. The predicted molar refractivity (Wildman–Crippen MR) is 93.9 cm³/mol. The summed E-state index contributed by atoms with van der Waals surface area (Å²) in [5.41, 5.74) is 2.93. The molecule has 1 heterocycles. The zero-order valence-corrected chi connectivity index (χ0v) is 14.5. The van der Waals surface area contributed by atoms with Crippen molar-refractivity contribution in [2.75, 3.05) is 0 Å². The molecular formula is C20H24N2O2. The Morgan fingerprint density at radius 1 is 1.17 bits per heavy atom. The van der Waals surface area contributed by atoms with E-state index in [1.54, 1.807) is 6.20 Å². The Kier molecular flexibility index (Phi) is 4.56. The molecule has 1 amide bonds. The van der Waals surface area contributed by atoms with Gasteiger partial charge in [-0.2, -0.15) is 0 Å². The molecule has 0 radical (unpaired) electrons. The minimum absolute atomic E-state index is 0.130. The van der Waals surface area contributed by atoms with Gasteiger partial charge in [-0.05, 0) is 56.7 Å². The molecule has 1 aliphatic rings. The molecule has 4 nitrogen and oxygen atoms in total. The zero-order valence-electron chi connectivity index (χ0n) is 14.5. The number of rotatable bonds is 2. The van der Waals surface area contributed by atoms with E-state index >= 15 is 0 Å². The van der Waals surface area contributed by atoms with E-state index < -0.39 is 11.7 Å². The molecule has 1 aromatic carbocycles. The highest BCUT2D eigenvalue weighted by Crippen LogP contribution is 2.37. The summed E-state index contributed by atoms with van der Waals surface area (Å²) in [6.07, 6.45) is 3.16. The third-order valence-electron chi connectivity index (χ3n) is 4.20. The summed E-state index contributed by atoms with van der Waals surface area (Å²) in [4.78, 5) is 16.7. The molecule has 0 unspecified atom stereocenters. The predicted octanol–water partition coefficient (Wildman–Crippen LogP) is 4.38. The molecule has 1 aliphatic carbocycles. The first-order valence-corrected chi connectivity index (χ1v) is 8.40. The lowest BCUT2D eigenvalue weighted by Crippen LogP contribution is -2.37. The van der Waals surface area contributed by atoms with Crippen LogP contribution in [0.4, 0.5) is 4.79 Å². The molecule has 126 valence electrons. The maximum absolute atomic E-state index is 12.2. The molecule has 0 fully saturated rings. The van der Waals surface area contributed by atoms with Crippen molar-refractivity contribution < 1.29 is 9.53 Å². The number of ether oxygens (including phenoxy) is 1. The molecule has 0 bridgehead atoms. The summed E-state index contributed by atoms with van der Waals surface area (Å²) in [7, 11) is 0. The number of hydrogen-bond acceptors (Lipinski definition) is 3. The highest BCUT2D eigenvalue weighted by atomic mass is 16.6. The van der Waals surface area contributed by atoms with Crippen LogP contribution < -0.4 is 5.32 Å². The summed E-state index contributed by atoms with van der Waals surface area (Å²) < 4.78 is 5.42. The molecular weight excluding hydrogens is 300 g/mol. The van der Waals surface area contributed by atoms with Crippen LogP contribution in [-0.2, 0) is 11.2 Å². The zero-order chi connectivity index (χ0) is 17.2. The highest BCUT2D eigenvalue weighted by molar-refractivity contribution is 5.68. The first-order chi connectivity index (χ1) is 11.4. The Labute approximate surface area is 143 Å². The number of aromatic nitrogens is 1. The smallest absolute Gasteiger partial charge is 0.408 e. The van der Waals surface area contributed by atoms with Crippen LogP contribution in [0.25, 0.3) is 0 Å². The Balaban J connectivity index is 1.83. The van der Waals surface area contributed by atoms with Crippen molar-refractivity contribution in [3.63, 3.8) is 0 Å². The van der Waals surface area contributed by atoms with Crippen LogP contribution >= 0.6 is 0 Å². The van der Waals surface area contributed by atoms with Crippen LogP contribution in [0.15, 0.2) is 48.7 Å². The minimum atomic E-state index is -0.509. The number of carbonyl (C=O) groups is 1. The van der Waals surface area contributed by atoms with Gasteiger partial charge in [0.05, 0.1) is 11.7 Å². The summed E-state index contributed by atoms with van der Waals surface area (Å²) in [6.45, 7) is 5.60. The number of hydrogen-bond donors (Lipinski definition) is 1. The van der Waals surface area contributed by atoms with Crippen LogP contribution in [0.3, 0.4) is 0 Å². The van der Waals surface area contributed by atoms with Gasteiger partial charge < -0.3 is 10.1 Å². The van der Waals surface area contributed by atoms with Gasteiger partial charge in [-0.15, -0.1) is 0 Å². The van der Waals surface area contributed by atoms with E-state index in [2.05, 4.69) is 40.6 Å². The number of amides is 1. The molecule has 3 rings (SSSR count). The number of carbonyl (C=O) groups excluding carboxylic acids is 1. The van der Waals surface area contributed by atoms with Crippen LogP contribution in [0, 0.1) is 0 Å². The molecule has 0 spiro atoms. The maximum Gasteiger partial charge on any atom is 0.408 e. The largest absolute Gasteiger partial charge is 0.444 e. The van der Waals surface area contributed by atoms with Gasteiger partial charge in [0, 0.05) is 6.20 Å². The second-order valence-electron chi connectivity index (χ2n) is 7.29. The van der Waals surface area contributed by atoms with Crippen LogP contribution in [-0.4, -0.2) is 16.7 Å². The Hall–Kier alpha value is -2.36. The van der Waals surface area contributed by atoms with E-state index in [0.717, 1.165) is 18.5 Å². The average Bonchev–Trinajstić information content (AvgIpc) is 2.54. The molecule has 24 heavy (non-hydrogen) atoms. The fourth-order valence-electron chi connectivity index (χ4n) is 3.24. The molecule has 0 saturated heterocycles. The van der Waals surface area contributed by atoms with E-state index in [1.165, 1.54) is 11.1 Å². The lowest BCUT2D eigenvalue weighted by atomic mass is 9.79. The fraction of sp³-hybridized carbons (Fsp3) is 0.400. The first kappa shape index (κ1) is 16.5. The SMILES string of the molecule is CC(C)(C)OC(=O)N[C@@H]1C[C@@H](c2ccccc2)Cc2cccnc21. The van der Waals surface area contributed by atoms with Crippen molar-refractivity contribution in [2.24, 2.45) is 0 Å². The van der Waals surface area contributed by atoms with Gasteiger partial charge in [0.25, 0.3) is 0 Å². The third-order valence-corrected chi connectivity index (χ3v) is 4.20. The highest BCUT2D eigenvalue weighted by Gasteiger charge is 2.31. The van der Waals surface area contributed by atoms with Crippen LogP contribution in [0.5, 0.6) is 0 Å². The second-order valence-corrected chi connectivity index (χ2v) is 7.29. The van der Waals surface area contributed by atoms with Gasteiger partial charge in [-0.1, -0.05) is 36.4 Å². The Bertz CT molecular complexity index is 707. The Morgan fingerprint density at radius 2 is 1.92 bits per heavy atom. The molecule has 2 aromatic rings. The van der Waals surface area contributed by atoms with Crippen molar-refractivity contribution in [1.82, 2.24) is 10.3 Å². The van der Waals surface area contributed by atoms with Crippen molar-refractivity contribution in [3.8, 4) is 0 Å². The standard InChI is InChI=1S/C20H24N2O2/c1-20(2,3)24-19(23)22-17-13-16(14-8-5-4-6-9-14)12-15-10-7-11-21-18(15)17/h4-11,16-17H,12-13H2,1-3H3,(H,22,23)/t16-,17+/m0/s1. The van der Waals surface area contributed by atoms with E-state index in [4.69, 9.17) is 4.74 Å². The number of nitrogens with one attached hydrogen (secondary N) is 1. The number of fused-ring (bicyclic) bond motifs is 1. The second kappa shape index (κ2) is 6.63. The van der Waals surface area contributed by atoms with Crippen LogP contribution in [0.1, 0.15) is 56.0 Å². The monoisotopic (exact) mass is 324 g/mol. The summed E-state index contributed by atoms with van der Waals surface area (Å²) >= 11 is 0. The normalized spacial score (nSPS) is 20.1. The third kappa shape index (κ3) is 3.94. The van der Waals surface area contributed by atoms with Gasteiger partial charge >= 0.3 is 6.09 Å². The Morgan fingerprint density at radius 3 is 2.62 bits per heavy atom. The van der Waals surface area contributed by atoms with Crippen molar-refractivity contribution in [2.45, 2.75) is 51.2 Å². The minimum Gasteiger partial charge on any atom is -0.444 e. The first-order valence-electron chi connectivity index (χ1n) is 8.40. The van der Waals surface area contributed by atoms with Crippen LogP contribution in [0.2, 0.25) is 0 Å². The lowest BCUT2D eigenvalue weighted by molar-refractivity contribution is 0.0495. The molecule has 1 N–H and O–H groups in total. The van der Waals surface area contributed by atoms with Crippen molar-refractivity contribution in [3.05, 3.63) is 65.5 Å². The molecule has 0 aliphatic heterocycles. The molecule has 0 saturated carbocycles. The van der Waals surface area contributed by atoms with Gasteiger partial charge in [-0.3, -0.25) is 4.98 Å². The quantitative estimate of drug-likeness (QED) is 0.892. The number of benzene rings is 1. The summed E-state index contributed by atoms with van der Waals surface area (Å²) in [5, 5.41) is 3.01. The van der Waals surface area contributed by atoms with Crippen molar-refractivity contribution in [1.29, 1.82) is 0 Å². The van der Waals surface area contributed by atoms with Gasteiger partial charge in [0.15, 0.2) is 0 Å². The van der Waals surface area contributed by atoms with E-state index in [1.807, 2.05) is 32.9 Å². The molecule has 4 heteroatoms. The maximum atomic E-state index is 12.2. The lowest BCUT2D eigenvalue weighted by Gasteiger charge is -2.32. The molecule has 2 atom stereocenters. The van der Waals surface area contributed by atoms with Crippen molar-refractivity contribution >= 4 is 6.09 Å². The molecule has 1 aromatic heterocycles. The van der Waals surface area contributed by atoms with Gasteiger partial charge in [-0.25, -0.2) is 4.79 Å². The number of alkyl carbamates (subject to hydrolysis) is 1. The van der Waals surface area contributed by atoms with E-state index in [0.29, 0.717) is 5.92 Å². The summed E-state index contributed by atoms with van der Waals surface area (Å²) in [6, 6.07) is 14.4. The fourth-order valence-corrected chi connectivity index (χ4v) is 3.24. The van der Waals surface area contributed by atoms with E-state index in [9.17, 15) is 4.79 Å². The number of pyridine rings is 1. The van der Waals surface area contributed by atoms with Gasteiger partial charge in [0.2, 0.25) is 0 Å². The topological polar surface area (TPSA) is 51.2 Å². The van der Waals surface area contributed by atoms with Gasteiger partial charge in [0.1, 0.15) is 5.60 Å².